The van der Waals surface area contributed by atoms with Crippen LogP contribution in [0.1, 0.15) is 27.0 Å². The average Bonchev–Trinajstić information content (AvgIpc) is 3.11. The number of hydrazine groups is 1. The number of nitrogen functional groups attached to an aromatic ring is 2. The molecule has 0 bridgehead atoms. The highest BCUT2D eigenvalue weighted by Gasteiger charge is 2.29. The van der Waals surface area contributed by atoms with Crippen LogP contribution in [-0.2, 0) is 12.8 Å². The molecule has 2 heterocycles. The number of amides is 1. The Hall–Kier alpha value is -3.64. The predicted octanol–water partition coefficient (Wildman–Crippen LogP) is 3.49. The zero-order valence-corrected chi connectivity index (χ0v) is 16.0. The first-order valence-electron chi connectivity index (χ1n) is 9.58. The van der Waals surface area contributed by atoms with Gasteiger partial charge in [-0.15, -0.1) is 0 Å². The number of pyridine rings is 1. The standard InChI is InChI=1S/C23H21N5O/c1-12-7-10-17-16(11-12)14-8-9-15-18(13-5-3-2-4-6-13)19(23(29)28-25)22(24)27-21(15)20(14)26-17/h2-7,10-11,26H,8-9,25H2,1H3,(H2,24,27)(H,28,29). The molecule has 0 fully saturated rings. The molecule has 29 heavy (non-hydrogen) atoms. The summed E-state index contributed by atoms with van der Waals surface area (Å²) in [5.41, 5.74) is 16.9. The van der Waals surface area contributed by atoms with Crippen LogP contribution in [0.15, 0.2) is 48.5 Å². The maximum absolute atomic E-state index is 12.6. The number of rotatable bonds is 2. The lowest BCUT2D eigenvalue weighted by atomic mass is 9.84. The van der Waals surface area contributed by atoms with Gasteiger partial charge < -0.3 is 10.7 Å². The Morgan fingerprint density at radius 2 is 1.86 bits per heavy atom. The van der Waals surface area contributed by atoms with Gasteiger partial charge in [0.1, 0.15) is 5.82 Å². The fourth-order valence-corrected chi connectivity index (χ4v) is 4.39. The molecule has 1 aliphatic carbocycles. The second kappa shape index (κ2) is 6.46. The zero-order valence-electron chi connectivity index (χ0n) is 16.0. The van der Waals surface area contributed by atoms with E-state index in [2.05, 4.69) is 40.5 Å². The van der Waals surface area contributed by atoms with Crippen molar-refractivity contribution in [2.75, 3.05) is 5.73 Å². The van der Waals surface area contributed by atoms with Crippen LogP contribution in [0.4, 0.5) is 5.82 Å². The van der Waals surface area contributed by atoms with Crippen molar-refractivity contribution in [1.82, 2.24) is 15.4 Å². The number of aryl methyl sites for hydroxylation is 2. The number of carbonyl (C=O) groups is 1. The maximum Gasteiger partial charge on any atom is 0.269 e. The molecular formula is C23H21N5O. The third kappa shape index (κ3) is 2.61. The minimum absolute atomic E-state index is 0.174. The van der Waals surface area contributed by atoms with Gasteiger partial charge in [-0.2, -0.15) is 0 Å². The number of nitrogens with one attached hydrogen (secondary N) is 2. The van der Waals surface area contributed by atoms with Crippen molar-refractivity contribution >= 4 is 22.6 Å². The molecule has 6 heteroatoms. The Morgan fingerprint density at radius 1 is 1.10 bits per heavy atom. The Labute approximate surface area is 167 Å². The first kappa shape index (κ1) is 17.5. The monoisotopic (exact) mass is 383 g/mol. The predicted molar refractivity (Wildman–Crippen MR) is 115 cm³/mol. The summed E-state index contributed by atoms with van der Waals surface area (Å²) < 4.78 is 0. The average molecular weight is 383 g/mol. The van der Waals surface area contributed by atoms with Crippen LogP contribution in [-0.4, -0.2) is 15.9 Å². The summed E-state index contributed by atoms with van der Waals surface area (Å²) in [7, 11) is 0. The lowest BCUT2D eigenvalue weighted by Crippen LogP contribution is -2.32. The summed E-state index contributed by atoms with van der Waals surface area (Å²) in [5.74, 6) is 5.19. The molecule has 6 nitrogen and oxygen atoms in total. The van der Waals surface area contributed by atoms with Crippen molar-refractivity contribution < 1.29 is 4.79 Å². The molecule has 0 radical (unpaired) electrons. The number of hydrogen-bond donors (Lipinski definition) is 4. The van der Waals surface area contributed by atoms with Gasteiger partial charge in [-0.25, -0.2) is 10.8 Å². The number of aromatic amines is 1. The molecule has 0 spiro atoms. The van der Waals surface area contributed by atoms with Gasteiger partial charge in [-0.05, 0) is 48.6 Å². The third-order valence-electron chi connectivity index (χ3n) is 5.67. The third-order valence-corrected chi connectivity index (χ3v) is 5.67. The molecule has 1 amide bonds. The Balaban J connectivity index is 1.85. The molecule has 4 aromatic rings. The first-order valence-corrected chi connectivity index (χ1v) is 9.58. The second-order valence-electron chi connectivity index (χ2n) is 7.44. The molecule has 1 aliphatic rings. The number of nitrogens with zero attached hydrogens (tertiary/aromatic N) is 1. The molecule has 0 saturated heterocycles. The van der Waals surface area contributed by atoms with Crippen LogP contribution in [0.2, 0.25) is 0 Å². The quantitative estimate of drug-likeness (QED) is 0.241. The minimum atomic E-state index is -0.435. The number of H-pyrrole nitrogens is 1. The Bertz CT molecular complexity index is 1270. The Kier molecular flexibility index (Phi) is 3.89. The number of anilines is 1. The van der Waals surface area contributed by atoms with Crippen LogP contribution >= 0.6 is 0 Å². The molecular weight excluding hydrogens is 362 g/mol. The summed E-state index contributed by atoms with van der Waals surface area (Å²) in [6.45, 7) is 2.09. The highest BCUT2D eigenvalue weighted by molar-refractivity contribution is 6.07. The Morgan fingerprint density at radius 3 is 2.62 bits per heavy atom. The number of aromatic nitrogens is 2. The van der Waals surface area contributed by atoms with Gasteiger partial charge in [-0.3, -0.25) is 10.2 Å². The van der Waals surface area contributed by atoms with E-state index >= 15 is 0 Å². The van der Waals surface area contributed by atoms with E-state index in [9.17, 15) is 4.79 Å². The number of nitrogens with two attached hydrogens (primary N) is 2. The van der Waals surface area contributed by atoms with Gasteiger partial charge in [0, 0.05) is 16.5 Å². The molecule has 2 aromatic heterocycles. The SMILES string of the molecule is Cc1ccc2[nH]c3c(c2c1)CCc1c-3nc(N)c(C(=O)NN)c1-c1ccccc1. The van der Waals surface area contributed by atoms with Crippen molar-refractivity contribution in [3.63, 3.8) is 0 Å². The summed E-state index contributed by atoms with van der Waals surface area (Å²) in [6.07, 6.45) is 1.63. The lowest BCUT2D eigenvalue weighted by molar-refractivity contribution is 0.0955. The minimum Gasteiger partial charge on any atom is -0.383 e. The van der Waals surface area contributed by atoms with E-state index in [1.807, 2.05) is 30.3 Å². The van der Waals surface area contributed by atoms with E-state index in [-0.39, 0.29) is 5.82 Å². The summed E-state index contributed by atoms with van der Waals surface area (Å²) >= 11 is 0. The highest BCUT2D eigenvalue weighted by atomic mass is 16.2. The van der Waals surface area contributed by atoms with E-state index in [1.165, 1.54) is 16.5 Å². The van der Waals surface area contributed by atoms with Crippen molar-refractivity contribution in [2.24, 2.45) is 5.84 Å². The van der Waals surface area contributed by atoms with Crippen LogP contribution in [0.5, 0.6) is 0 Å². The van der Waals surface area contributed by atoms with Crippen LogP contribution in [0, 0.1) is 6.92 Å². The largest absolute Gasteiger partial charge is 0.383 e. The van der Waals surface area contributed by atoms with Crippen LogP contribution < -0.4 is 17.0 Å². The van der Waals surface area contributed by atoms with E-state index in [0.29, 0.717) is 5.56 Å². The van der Waals surface area contributed by atoms with Gasteiger partial charge in [-0.1, -0.05) is 42.0 Å². The zero-order chi connectivity index (χ0) is 20.1. The van der Waals surface area contributed by atoms with Crippen molar-refractivity contribution in [3.8, 4) is 22.5 Å². The van der Waals surface area contributed by atoms with Gasteiger partial charge in [0.05, 0.1) is 17.0 Å². The van der Waals surface area contributed by atoms with Gasteiger partial charge >= 0.3 is 0 Å². The highest BCUT2D eigenvalue weighted by Crippen LogP contribution is 2.43. The van der Waals surface area contributed by atoms with E-state index in [4.69, 9.17) is 11.6 Å². The number of fused-ring (bicyclic) bond motifs is 5. The molecule has 0 aliphatic heterocycles. The van der Waals surface area contributed by atoms with Gasteiger partial charge in [0.15, 0.2) is 0 Å². The van der Waals surface area contributed by atoms with Crippen LogP contribution in [0.25, 0.3) is 33.4 Å². The first-order chi connectivity index (χ1) is 14.1. The fraction of sp³-hybridized carbons (Fsp3) is 0.130. The van der Waals surface area contributed by atoms with Crippen molar-refractivity contribution in [2.45, 2.75) is 19.8 Å². The number of hydrogen-bond acceptors (Lipinski definition) is 4. The van der Waals surface area contributed by atoms with Crippen molar-refractivity contribution in [1.29, 1.82) is 0 Å². The maximum atomic E-state index is 12.6. The van der Waals surface area contributed by atoms with E-state index < -0.39 is 5.91 Å². The molecule has 0 saturated carbocycles. The van der Waals surface area contributed by atoms with E-state index in [1.54, 1.807) is 0 Å². The molecule has 0 atom stereocenters. The van der Waals surface area contributed by atoms with Crippen LogP contribution in [0.3, 0.4) is 0 Å². The summed E-state index contributed by atoms with van der Waals surface area (Å²) in [5, 5.41) is 1.22. The smallest absolute Gasteiger partial charge is 0.269 e. The molecule has 6 N–H and O–H groups in total. The molecule has 0 unspecified atom stereocenters. The van der Waals surface area contributed by atoms with Gasteiger partial charge in [0.2, 0.25) is 0 Å². The topological polar surface area (TPSA) is 110 Å². The molecule has 2 aromatic carbocycles. The molecule has 5 rings (SSSR count). The van der Waals surface area contributed by atoms with Gasteiger partial charge in [0.25, 0.3) is 5.91 Å². The lowest BCUT2D eigenvalue weighted by Gasteiger charge is -2.23. The second-order valence-corrected chi connectivity index (χ2v) is 7.44. The van der Waals surface area contributed by atoms with Crippen molar-refractivity contribution in [3.05, 3.63) is 70.8 Å². The summed E-state index contributed by atoms with van der Waals surface area (Å²) in [4.78, 5) is 20.8. The fourth-order valence-electron chi connectivity index (χ4n) is 4.39. The van der Waals surface area contributed by atoms with E-state index in [0.717, 1.165) is 46.4 Å². The number of benzene rings is 2. The summed E-state index contributed by atoms with van der Waals surface area (Å²) in [6, 6.07) is 16.2. The number of carbonyl (C=O) groups excluding carboxylic acids is 1. The molecule has 144 valence electrons. The normalized spacial score (nSPS) is 12.5.